The van der Waals surface area contributed by atoms with Gasteiger partial charge in [-0.05, 0) is 49.2 Å². The molecule has 1 aliphatic rings. The van der Waals surface area contributed by atoms with Gasteiger partial charge in [0.1, 0.15) is 11.6 Å². The Hall–Kier alpha value is -3.00. The predicted octanol–water partition coefficient (Wildman–Crippen LogP) is 3.19. The van der Waals surface area contributed by atoms with Crippen molar-refractivity contribution in [1.29, 1.82) is 0 Å². The summed E-state index contributed by atoms with van der Waals surface area (Å²) in [4.78, 5) is 31.1. The Labute approximate surface area is 181 Å². The van der Waals surface area contributed by atoms with E-state index in [2.05, 4.69) is 22.5 Å². The van der Waals surface area contributed by atoms with E-state index in [1.54, 1.807) is 43.0 Å². The first-order valence-electron chi connectivity index (χ1n) is 10.5. The number of nitrogens with zero attached hydrogens (tertiary/aromatic N) is 2. The quantitative estimate of drug-likeness (QED) is 0.657. The normalized spacial score (nSPS) is 20.2. The lowest BCUT2D eigenvalue weighted by atomic mass is 9.80. The Morgan fingerprint density at radius 3 is 2.61 bits per heavy atom. The van der Waals surface area contributed by atoms with Crippen LogP contribution in [-0.4, -0.2) is 41.1 Å². The topological polar surface area (TPSA) is 94.6 Å². The van der Waals surface area contributed by atoms with Crippen LogP contribution in [0.1, 0.15) is 54.8 Å². The molecule has 2 aromatic rings. The van der Waals surface area contributed by atoms with Gasteiger partial charge in [-0.25, -0.2) is 9.37 Å². The van der Waals surface area contributed by atoms with Crippen LogP contribution in [0.2, 0.25) is 0 Å². The lowest BCUT2D eigenvalue weighted by molar-refractivity contribution is -0.117. The molecule has 0 radical (unpaired) electrons. The maximum atomic E-state index is 13.7. The number of benzene rings is 1. The molecule has 0 bridgehead atoms. The average molecular weight is 429 g/mol. The average Bonchev–Trinajstić information content (AvgIpc) is 2.75. The number of aliphatic hydroxyl groups excluding tert-OH is 1. The minimum atomic E-state index is -0.375. The van der Waals surface area contributed by atoms with Gasteiger partial charge in [0.25, 0.3) is 5.91 Å². The third-order valence-corrected chi connectivity index (χ3v) is 5.83. The van der Waals surface area contributed by atoms with Crippen LogP contribution in [0.15, 0.2) is 30.3 Å². The van der Waals surface area contributed by atoms with E-state index in [-0.39, 0.29) is 48.8 Å². The summed E-state index contributed by atoms with van der Waals surface area (Å²) in [6.45, 7) is 7.25. The van der Waals surface area contributed by atoms with Gasteiger partial charge in [0.15, 0.2) is 0 Å². The number of aryl methyl sites for hydroxylation is 1. The van der Waals surface area contributed by atoms with Crippen molar-refractivity contribution in [2.45, 2.75) is 46.2 Å². The van der Waals surface area contributed by atoms with Crippen molar-refractivity contribution in [1.82, 2.24) is 10.3 Å². The first kappa shape index (κ1) is 22.7. The van der Waals surface area contributed by atoms with E-state index < -0.39 is 0 Å². The van der Waals surface area contributed by atoms with Crippen molar-refractivity contribution in [3.63, 3.8) is 0 Å². The second kappa shape index (κ2) is 9.43. The monoisotopic (exact) mass is 428 g/mol. The zero-order valence-corrected chi connectivity index (χ0v) is 18.3. The number of aromatic nitrogens is 1. The number of hydrogen-bond donors (Lipinski definition) is 3. The van der Waals surface area contributed by atoms with E-state index in [9.17, 15) is 14.0 Å². The van der Waals surface area contributed by atoms with E-state index in [1.165, 1.54) is 6.07 Å². The van der Waals surface area contributed by atoms with Crippen molar-refractivity contribution in [3.05, 3.63) is 53.0 Å². The van der Waals surface area contributed by atoms with Gasteiger partial charge in [0, 0.05) is 36.7 Å². The minimum absolute atomic E-state index is 0.00399. The fourth-order valence-corrected chi connectivity index (χ4v) is 4.31. The number of carbonyl (C=O) groups excluding carboxylic acids is 2. The van der Waals surface area contributed by atoms with Crippen LogP contribution < -0.4 is 15.5 Å². The number of nitrogens with one attached hydrogen (secondary N) is 2. The van der Waals surface area contributed by atoms with Crippen LogP contribution in [0, 0.1) is 18.7 Å². The van der Waals surface area contributed by atoms with Crippen molar-refractivity contribution >= 4 is 23.3 Å². The summed E-state index contributed by atoms with van der Waals surface area (Å²) in [5.41, 5.74) is 2.27. The highest BCUT2D eigenvalue weighted by atomic mass is 19.1. The SMILES string of the molecule is CCC1C(C)C(Nc2ccc(F)c(C)n2)c2cc(C(=O)NCCO)ccc2N1C(C)=O. The van der Waals surface area contributed by atoms with Crippen molar-refractivity contribution in [2.24, 2.45) is 5.92 Å². The molecule has 0 fully saturated rings. The van der Waals surface area contributed by atoms with Crippen LogP contribution in [0.3, 0.4) is 0 Å². The summed E-state index contributed by atoms with van der Waals surface area (Å²) >= 11 is 0. The highest BCUT2D eigenvalue weighted by Gasteiger charge is 2.40. The number of anilines is 2. The fourth-order valence-electron chi connectivity index (χ4n) is 4.31. The third-order valence-electron chi connectivity index (χ3n) is 5.83. The number of rotatable bonds is 6. The number of aliphatic hydroxyl groups is 1. The summed E-state index contributed by atoms with van der Waals surface area (Å²) in [6, 6.07) is 7.92. The van der Waals surface area contributed by atoms with Gasteiger partial charge in [-0.2, -0.15) is 0 Å². The standard InChI is InChI=1S/C23H29FN4O3/c1-5-19-13(2)22(27-21-9-7-18(24)14(3)26-21)17-12-16(23(31)25-10-11-29)6-8-20(17)28(19)15(4)30/h6-9,12-13,19,22,29H,5,10-11H2,1-4H3,(H,25,31)(H,26,27). The van der Waals surface area contributed by atoms with Crippen molar-refractivity contribution < 1.29 is 19.1 Å². The zero-order valence-electron chi connectivity index (χ0n) is 18.3. The maximum absolute atomic E-state index is 13.7. The summed E-state index contributed by atoms with van der Waals surface area (Å²) in [7, 11) is 0. The molecule has 0 saturated heterocycles. The number of amides is 2. The number of carbonyl (C=O) groups is 2. The molecule has 166 valence electrons. The largest absolute Gasteiger partial charge is 0.395 e. The Morgan fingerprint density at radius 2 is 2.00 bits per heavy atom. The molecule has 2 amide bonds. The molecule has 8 heteroatoms. The minimum Gasteiger partial charge on any atom is -0.395 e. The molecule has 2 heterocycles. The van der Waals surface area contributed by atoms with Crippen LogP contribution in [0.4, 0.5) is 15.9 Å². The van der Waals surface area contributed by atoms with Crippen molar-refractivity contribution in [3.8, 4) is 0 Å². The van der Waals surface area contributed by atoms with Gasteiger partial charge >= 0.3 is 0 Å². The van der Waals surface area contributed by atoms with Crippen LogP contribution in [-0.2, 0) is 4.79 Å². The number of fused-ring (bicyclic) bond motifs is 1. The molecule has 0 spiro atoms. The van der Waals surface area contributed by atoms with Gasteiger partial charge in [-0.3, -0.25) is 9.59 Å². The van der Waals surface area contributed by atoms with Gasteiger partial charge in [0.2, 0.25) is 5.91 Å². The molecule has 1 aromatic carbocycles. The van der Waals surface area contributed by atoms with Gasteiger partial charge in [0.05, 0.1) is 18.3 Å². The highest BCUT2D eigenvalue weighted by molar-refractivity contribution is 5.98. The van der Waals surface area contributed by atoms with Gasteiger partial charge in [-0.15, -0.1) is 0 Å². The van der Waals surface area contributed by atoms with Gasteiger partial charge in [-0.1, -0.05) is 13.8 Å². The molecule has 31 heavy (non-hydrogen) atoms. The smallest absolute Gasteiger partial charge is 0.251 e. The number of hydrogen-bond acceptors (Lipinski definition) is 5. The van der Waals surface area contributed by atoms with Crippen molar-refractivity contribution in [2.75, 3.05) is 23.4 Å². The molecular formula is C23H29FN4O3. The van der Waals surface area contributed by atoms with Crippen LogP contribution >= 0.6 is 0 Å². The summed E-state index contributed by atoms with van der Waals surface area (Å²) in [6.07, 6.45) is 0.757. The summed E-state index contributed by atoms with van der Waals surface area (Å²) < 4.78 is 13.7. The Morgan fingerprint density at radius 1 is 1.26 bits per heavy atom. The second-order valence-electron chi connectivity index (χ2n) is 7.86. The van der Waals surface area contributed by atoms with E-state index in [1.807, 2.05) is 6.92 Å². The highest BCUT2D eigenvalue weighted by Crippen LogP contribution is 2.43. The van der Waals surface area contributed by atoms with Crippen LogP contribution in [0.5, 0.6) is 0 Å². The van der Waals surface area contributed by atoms with E-state index in [0.717, 1.165) is 17.7 Å². The third kappa shape index (κ3) is 4.54. The Kier molecular flexibility index (Phi) is 6.90. The Balaban J connectivity index is 2.08. The Bertz CT molecular complexity index is 981. The predicted molar refractivity (Wildman–Crippen MR) is 118 cm³/mol. The lowest BCUT2D eigenvalue weighted by Crippen LogP contribution is -2.49. The molecule has 0 aliphatic carbocycles. The molecule has 3 unspecified atom stereocenters. The lowest BCUT2D eigenvalue weighted by Gasteiger charge is -2.45. The molecule has 7 nitrogen and oxygen atoms in total. The second-order valence-corrected chi connectivity index (χ2v) is 7.86. The molecular weight excluding hydrogens is 399 g/mol. The van der Waals surface area contributed by atoms with E-state index in [4.69, 9.17) is 5.11 Å². The zero-order chi connectivity index (χ0) is 22.7. The van der Waals surface area contributed by atoms with Gasteiger partial charge < -0.3 is 20.6 Å². The molecule has 3 N–H and O–H groups in total. The van der Waals surface area contributed by atoms with E-state index in [0.29, 0.717) is 17.1 Å². The molecule has 3 atom stereocenters. The molecule has 1 aliphatic heterocycles. The molecule has 3 rings (SSSR count). The number of pyridine rings is 1. The summed E-state index contributed by atoms with van der Waals surface area (Å²) in [5.74, 6) is -0.204. The first-order chi connectivity index (χ1) is 14.8. The maximum Gasteiger partial charge on any atom is 0.251 e. The molecule has 1 aromatic heterocycles. The summed E-state index contributed by atoms with van der Waals surface area (Å²) in [5, 5.41) is 15.0. The van der Waals surface area contributed by atoms with E-state index >= 15 is 0 Å². The molecule has 0 saturated carbocycles. The van der Waals surface area contributed by atoms with Crippen LogP contribution in [0.25, 0.3) is 0 Å². The fraction of sp³-hybridized carbons (Fsp3) is 0.435. The first-order valence-corrected chi connectivity index (χ1v) is 10.5. The number of halogens is 1.